The van der Waals surface area contributed by atoms with E-state index in [4.69, 9.17) is 5.26 Å². The highest BCUT2D eigenvalue weighted by molar-refractivity contribution is 5.80. The average molecular weight is 159 g/mol. The van der Waals surface area contributed by atoms with Gasteiger partial charge in [-0.3, -0.25) is 4.79 Å². The minimum Gasteiger partial charge on any atom is -0.298 e. The van der Waals surface area contributed by atoms with Gasteiger partial charge in [0.15, 0.2) is 6.29 Å². The van der Waals surface area contributed by atoms with E-state index < -0.39 is 0 Å². The zero-order valence-corrected chi connectivity index (χ0v) is 7.09. The lowest BCUT2D eigenvalue weighted by molar-refractivity contribution is 0.112. The molecule has 0 saturated carbocycles. The second kappa shape index (κ2) is 3.19. The van der Waals surface area contributed by atoms with Crippen molar-refractivity contribution < 1.29 is 4.79 Å². The molecule has 0 amide bonds. The molecule has 0 radical (unpaired) electrons. The van der Waals surface area contributed by atoms with E-state index in [0.717, 1.165) is 11.1 Å². The number of benzene rings is 1. The summed E-state index contributed by atoms with van der Waals surface area (Å²) < 4.78 is 0. The van der Waals surface area contributed by atoms with Gasteiger partial charge in [0.2, 0.25) is 0 Å². The summed E-state index contributed by atoms with van der Waals surface area (Å²) in [6, 6.07) is 5.55. The molecule has 0 N–H and O–H groups in total. The molecule has 0 aliphatic carbocycles. The molecule has 0 spiro atoms. The van der Waals surface area contributed by atoms with Crippen LogP contribution >= 0.6 is 0 Å². The van der Waals surface area contributed by atoms with E-state index in [9.17, 15) is 4.79 Å². The maximum absolute atomic E-state index is 10.5. The Balaban J connectivity index is 3.48. The van der Waals surface area contributed by atoms with Crippen LogP contribution in [0.1, 0.15) is 27.0 Å². The first-order valence-corrected chi connectivity index (χ1v) is 3.66. The molecule has 0 saturated heterocycles. The molecule has 0 fully saturated rings. The largest absolute Gasteiger partial charge is 0.298 e. The summed E-state index contributed by atoms with van der Waals surface area (Å²) in [5.41, 5.74) is 2.89. The fraction of sp³-hybridized carbons (Fsp3) is 0.200. The summed E-state index contributed by atoms with van der Waals surface area (Å²) in [7, 11) is 0. The van der Waals surface area contributed by atoms with Gasteiger partial charge in [-0.2, -0.15) is 5.26 Å². The molecule has 2 nitrogen and oxygen atoms in total. The molecule has 0 bridgehead atoms. The number of nitrogens with zero attached hydrogens (tertiary/aromatic N) is 1. The molecule has 1 aromatic carbocycles. The van der Waals surface area contributed by atoms with Crippen molar-refractivity contribution in [1.82, 2.24) is 0 Å². The van der Waals surface area contributed by atoms with Gasteiger partial charge in [-0.05, 0) is 25.0 Å². The van der Waals surface area contributed by atoms with Crippen molar-refractivity contribution in [3.63, 3.8) is 0 Å². The lowest BCUT2D eigenvalue weighted by Crippen LogP contribution is -1.93. The van der Waals surface area contributed by atoms with E-state index in [2.05, 4.69) is 0 Å². The third kappa shape index (κ3) is 1.22. The molecule has 0 heterocycles. The van der Waals surface area contributed by atoms with Crippen LogP contribution in [-0.4, -0.2) is 6.29 Å². The second-order valence-electron chi connectivity index (χ2n) is 2.70. The number of nitriles is 1. The van der Waals surface area contributed by atoms with Gasteiger partial charge in [-0.1, -0.05) is 12.1 Å². The highest BCUT2D eigenvalue weighted by atomic mass is 16.1. The van der Waals surface area contributed by atoms with Crippen molar-refractivity contribution in [2.75, 3.05) is 0 Å². The smallest absolute Gasteiger partial charge is 0.151 e. The Kier molecular flexibility index (Phi) is 2.25. The Labute approximate surface area is 71.4 Å². The molecular weight excluding hydrogens is 150 g/mol. The van der Waals surface area contributed by atoms with E-state index >= 15 is 0 Å². The quantitative estimate of drug-likeness (QED) is 0.588. The normalized spacial score (nSPS) is 9.08. The Morgan fingerprint density at radius 1 is 1.42 bits per heavy atom. The molecule has 0 atom stereocenters. The van der Waals surface area contributed by atoms with Crippen LogP contribution in [0.25, 0.3) is 0 Å². The number of hydrogen-bond donors (Lipinski definition) is 0. The molecule has 0 unspecified atom stereocenters. The molecule has 2 heteroatoms. The van der Waals surface area contributed by atoms with Crippen LogP contribution < -0.4 is 0 Å². The lowest BCUT2D eigenvalue weighted by atomic mass is 9.99. The Morgan fingerprint density at radius 2 is 2.08 bits per heavy atom. The van der Waals surface area contributed by atoms with Crippen LogP contribution in [0.5, 0.6) is 0 Å². The zero-order valence-electron chi connectivity index (χ0n) is 7.09. The zero-order chi connectivity index (χ0) is 9.14. The second-order valence-corrected chi connectivity index (χ2v) is 2.70. The molecule has 0 aliphatic heterocycles. The summed E-state index contributed by atoms with van der Waals surface area (Å²) in [6.45, 7) is 3.77. The van der Waals surface area contributed by atoms with Crippen molar-refractivity contribution in [2.45, 2.75) is 13.8 Å². The minimum absolute atomic E-state index is 0.473. The van der Waals surface area contributed by atoms with E-state index in [1.165, 1.54) is 0 Å². The van der Waals surface area contributed by atoms with Crippen LogP contribution in [0.15, 0.2) is 12.1 Å². The maximum Gasteiger partial charge on any atom is 0.151 e. The lowest BCUT2D eigenvalue weighted by Gasteiger charge is -2.03. The van der Waals surface area contributed by atoms with Crippen molar-refractivity contribution in [1.29, 1.82) is 5.26 Å². The van der Waals surface area contributed by atoms with Crippen molar-refractivity contribution in [3.05, 3.63) is 34.4 Å². The predicted octanol–water partition coefficient (Wildman–Crippen LogP) is 1.99. The number of aldehydes is 1. The van der Waals surface area contributed by atoms with E-state index in [1.54, 1.807) is 6.07 Å². The highest BCUT2D eigenvalue weighted by Gasteiger charge is 2.05. The molecule has 60 valence electrons. The first kappa shape index (κ1) is 8.48. The summed E-state index contributed by atoms with van der Waals surface area (Å²) in [4.78, 5) is 10.5. The molecular formula is C10H9NO. The third-order valence-corrected chi connectivity index (χ3v) is 2.01. The summed E-state index contributed by atoms with van der Waals surface area (Å²) in [6.07, 6.45) is 0.713. The van der Waals surface area contributed by atoms with Crippen molar-refractivity contribution in [3.8, 4) is 6.07 Å². The van der Waals surface area contributed by atoms with Gasteiger partial charge in [0.25, 0.3) is 0 Å². The molecule has 0 aliphatic rings. The Hall–Kier alpha value is -1.62. The van der Waals surface area contributed by atoms with Gasteiger partial charge in [-0.15, -0.1) is 0 Å². The molecule has 12 heavy (non-hydrogen) atoms. The monoisotopic (exact) mass is 159 g/mol. The molecule has 1 rings (SSSR count). The average Bonchev–Trinajstić information content (AvgIpc) is 2.09. The highest BCUT2D eigenvalue weighted by Crippen LogP contribution is 2.15. The van der Waals surface area contributed by atoms with Crippen LogP contribution in [0.3, 0.4) is 0 Å². The van der Waals surface area contributed by atoms with Gasteiger partial charge >= 0.3 is 0 Å². The first-order chi connectivity index (χ1) is 5.70. The summed E-state index contributed by atoms with van der Waals surface area (Å²) >= 11 is 0. The third-order valence-electron chi connectivity index (χ3n) is 2.01. The predicted molar refractivity (Wildman–Crippen MR) is 46.0 cm³/mol. The fourth-order valence-corrected chi connectivity index (χ4v) is 1.08. The molecule has 0 aromatic heterocycles. The Morgan fingerprint density at radius 3 is 2.58 bits per heavy atom. The number of carbonyl (C=O) groups excluding carboxylic acids is 1. The van der Waals surface area contributed by atoms with Crippen LogP contribution in [-0.2, 0) is 0 Å². The van der Waals surface area contributed by atoms with Gasteiger partial charge < -0.3 is 0 Å². The molecule has 1 aromatic rings. The summed E-state index contributed by atoms with van der Waals surface area (Å²) in [5.74, 6) is 0. The van der Waals surface area contributed by atoms with Gasteiger partial charge in [0.1, 0.15) is 6.07 Å². The number of aryl methyl sites for hydroxylation is 1. The van der Waals surface area contributed by atoms with Crippen LogP contribution in [0.2, 0.25) is 0 Å². The van der Waals surface area contributed by atoms with Gasteiger partial charge in [-0.25, -0.2) is 0 Å². The van der Waals surface area contributed by atoms with Crippen LogP contribution in [0.4, 0.5) is 0 Å². The van der Waals surface area contributed by atoms with Crippen molar-refractivity contribution in [2.24, 2.45) is 0 Å². The number of hydrogen-bond acceptors (Lipinski definition) is 2. The number of carbonyl (C=O) groups is 1. The standard InChI is InChI=1S/C10H9NO/c1-7-3-4-9(6-12)10(5-11)8(7)2/h3-4,6H,1-2H3. The van der Waals surface area contributed by atoms with E-state index in [-0.39, 0.29) is 0 Å². The number of rotatable bonds is 1. The van der Waals surface area contributed by atoms with Crippen LogP contribution in [0, 0.1) is 25.2 Å². The maximum atomic E-state index is 10.5. The van der Waals surface area contributed by atoms with Crippen molar-refractivity contribution >= 4 is 6.29 Å². The SMILES string of the molecule is Cc1ccc(C=O)c(C#N)c1C. The first-order valence-electron chi connectivity index (χ1n) is 3.66. The minimum atomic E-state index is 0.473. The van der Waals surface area contributed by atoms with E-state index in [1.807, 2.05) is 26.0 Å². The Bertz CT molecular complexity index is 361. The van der Waals surface area contributed by atoms with Gasteiger partial charge in [0, 0.05) is 5.56 Å². The van der Waals surface area contributed by atoms with E-state index in [0.29, 0.717) is 17.4 Å². The topological polar surface area (TPSA) is 40.9 Å². The summed E-state index contributed by atoms with van der Waals surface area (Å²) in [5, 5.41) is 8.75. The van der Waals surface area contributed by atoms with Gasteiger partial charge in [0.05, 0.1) is 5.56 Å². The fourth-order valence-electron chi connectivity index (χ4n) is 1.08.